The van der Waals surface area contributed by atoms with Crippen LogP contribution >= 0.6 is 0 Å². The van der Waals surface area contributed by atoms with E-state index in [-0.39, 0.29) is 0 Å². The number of rotatable bonds is 3. The van der Waals surface area contributed by atoms with Gasteiger partial charge in [-0.1, -0.05) is 46.8 Å². The van der Waals surface area contributed by atoms with Crippen molar-refractivity contribution in [3.63, 3.8) is 0 Å². The largest absolute Gasteiger partial charge is 0.0911 e. The Kier molecular flexibility index (Phi) is 4.02. The molecular formula is C12H24. The monoisotopic (exact) mass is 168 g/mol. The van der Waals surface area contributed by atoms with E-state index in [9.17, 15) is 0 Å². The second kappa shape index (κ2) is 4.11. The Morgan fingerprint density at radius 2 is 1.58 bits per heavy atom. The van der Waals surface area contributed by atoms with E-state index in [0.29, 0.717) is 10.8 Å². The summed E-state index contributed by atoms with van der Waals surface area (Å²) < 4.78 is 0. The molecule has 0 aromatic heterocycles. The molecule has 0 radical (unpaired) electrons. The van der Waals surface area contributed by atoms with Gasteiger partial charge < -0.3 is 0 Å². The molecule has 0 nitrogen and oxygen atoms in total. The maximum absolute atomic E-state index is 2.35. The van der Waals surface area contributed by atoms with Gasteiger partial charge in [-0.3, -0.25) is 0 Å². The lowest BCUT2D eigenvalue weighted by molar-refractivity contribution is 0.236. The van der Waals surface area contributed by atoms with E-state index in [4.69, 9.17) is 0 Å². The van der Waals surface area contributed by atoms with Crippen molar-refractivity contribution in [1.82, 2.24) is 0 Å². The molecule has 0 N–H and O–H groups in total. The molecule has 0 fully saturated rings. The standard InChI is InChI=1S/C12H24/c1-7-9-12(6,8-2)10-11(3,4)5/h7,9H,8,10H2,1-6H3. The highest BCUT2D eigenvalue weighted by molar-refractivity contribution is 4.96. The second-order valence-electron chi connectivity index (χ2n) is 5.25. The molecule has 1 unspecified atom stereocenters. The maximum Gasteiger partial charge on any atom is -0.0144 e. The highest BCUT2D eigenvalue weighted by atomic mass is 14.3. The Morgan fingerprint density at radius 3 is 1.83 bits per heavy atom. The first-order valence-corrected chi connectivity index (χ1v) is 4.97. The van der Waals surface area contributed by atoms with E-state index in [0.717, 1.165) is 0 Å². The molecule has 1 atom stereocenters. The molecule has 0 heterocycles. The third-order valence-corrected chi connectivity index (χ3v) is 2.31. The quantitative estimate of drug-likeness (QED) is 0.547. The molecule has 0 amide bonds. The van der Waals surface area contributed by atoms with E-state index in [1.54, 1.807) is 0 Å². The summed E-state index contributed by atoms with van der Waals surface area (Å²) in [7, 11) is 0. The van der Waals surface area contributed by atoms with Gasteiger partial charge in [-0.05, 0) is 30.6 Å². The van der Waals surface area contributed by atoms with Gasteiger partial charge in [0.1, 0.15) is 0 Å². The lowest BCUT2D eigenvalue weighted by Gasteiger charge is -2.32. The van der Waals surface area contributed by atoms with Gasteiger partial charge in [0.05, 0.1) is 0 Å². The molecule has 0 aliphatic heterocycles. The van der Waals surface area contributed by atoms with Gasteiger partial charge in [-0.15, -0.1) is 0 Å². The summed E-state index contributed by atoms with van der Waals surface area (Å²) in [5, 5.41) is 0. The van der Waals surface area contributed by atoms with Crippen molar-refractivity contribution < 1.29 is 0 Å². The molecular weight excluding hydrogens is 144 g/mol. The summed E-state index contributed by atoms with van der Waals surface area (Å²) in [5.74, 6) is 0. The van der Waals surface area contributed by atoms with Crippen LogP contribution in [-0.2, 0) is 0 Å². The van der Waals surface area contributed by atoms with Crippen molar-refractivity contribution >= 4 is 0 Å². The highest BCUT2D eigenvalue weighted by Crippen LogP contribution is 2.37. The predicted molar refractivity (Wildman–Crippen MR) is 57.3 cm³/mol. The first-order valence-electron chi connectivity index (χ1n) is 4.97. The van der Waals surface area contributed by atoms with E-state index in [2.05, 4.69) is 53.7 Å². The van der Waals surface area contributed by atoms with Crippen LogP contribution in [0, 0.1) is 10.8 Å². The van der Waals surface area contributed by atoms with Gasteiger partial charge in [-0.25, -0.2) is 0 Å². The molecule has 0 saturated heterocycles. The smallest absolute Gasteiger partial charge is 0.0144 e. The normalized spacial score (nSPS) is 18.2. The maximum atomic E-state index is 2.35. The third kappa shape index (κ3) is 4.58. The SMILES string of the molecule is CC=CC(C)(CC)CC(C)(C)C. The van der Waals surface area contributed by atoms with Crippen molar-refractivity contribution in [2.45, 2.75) is 54.4 Å². The van der Waals surface area contributed by atoms with Crippen LogP contribution in [0.3, 0.4) is 0 Å². The minimum atomic E-state index is 0.396. The first-order chi connectivity index (χ1) is 5.33. The summed E-state index contributed by atoms with van der Waals surface area (Å²) in [4.78, 5) is 0. The van der Waals surface area contributed by atoms with Crippen molar-refractivity contribution in [2.24, 2.45) is 10.8 Å². The molecule has 12 heavy (non-hydrogen) atoms. The van der Waals surface area contributed by atoms with Gasteiger partial charge in [0.2, 0.25) is 0 Å². The van der Waals surface area contributed by atoms with E-state index in [1.807, 2.05) is 0 Å². The molecule has 0 heteroatoms. The van der Waals surface area contributed by atoms with Crippen LogP contribution in [0.25, 0.3) is 0 Å². The Hall–Kier alpha value is -0.260. The number of hydrogen-bond acceptors (Lipinski definition) is 0. The fraction of sp³-hybridized carbons (Fsp3) is 0.833. The summed E-state index contributed by atoms with van der Waals surface area (Å²) >= 11 is 0. The van der Waals surface area contributed by atoms with Crippen LogP contribution < -0.4 is 0 Å². The fourth-order valence-corrected chi connectivity index (χ4v) is 1.92. The Morgan fingerprint density at radius 1 is 1.08 bits per heavy atom. The van der Waals surface area contributed by atoms with Gasteiger partial charge in [0.15, 0.2) is 0 Å². The lowest BCUT2D eigenvalue weighted by Crippen LogP contribution is -2.20. The first kappa shape index (κ1) is 11.7. The predicted octanol–water partition coefficient (Wildman–Crippen LogP) is 4.42. The average molecular weight is 168 g/mol. The minimum absolute atomic E-state index is 0.396. The highest BCUT2D eigenvalue weighted by Gasteiger charge is 2.25. The van der Waals surface area contributed by atoms with E-state index in [1.165, 1.54) is 12.8 Å². The van der Waals surface area contributed by atoms with Crippen molar-refractivity contribution in [3.05, 3.63) is 12.2 Å². The minimum Gasteiger partial charge on any atom is -0.0911 e. The molecule has 72 valence electrons. The molecule has 0 aromatic carbocycles. The van der Waals surface area contributed by atoms with Crippen molar-refractivity contribution in [3.8, 4) is 0 Å². The Bertz CT molecular complexity index is 148. The average Bonchev–Trinajstić information content (AvgIpc) is 1.84. The summed E-state index contributed by atoms with van der Waals surface area (Å²) in [6.45, 7) is 13.7. The topological polar surface area (TPSA) is 0 Å². The lowest BCUT2D eigenvalue weighted by atomic mass is 9.73. The number of hydrogen-bond donors (Lipinski definition) is 0. The molecule has 0 bridgehead atoms. The van der Waals surface area contributed by atoms with E-state index < -0.39 is 0 Å². The van der Waals surface area contributed by atoms with Crippen molar-refractivity contribution in [2.75, 3.05) is 0 Å². The van der Waals surface area contributed by atoms with Crippen LogP contribution in [-0.4, -0.2) is 0 Å². The Balaban J connectivity index is 4.34. The summed E-state index contributed by atoms with van der Waals surface area (Å²) in [6.07, 6.45) is 7.02. The third-order valence-electron chi connectivity index (χ3n) is 2.31. The van der Waals surface area contributed by atoms with Crippen LogP contribution in [0.1, 0.15) is 54.4 Å². The molecule has 0 aromatic rings. The van der Waals surface area contributed by atoms with Gasteiger partial charge in [0.25, 0.3) is 0 Å². The van der Waals surface area contributed by atoms with Crippen LogP contribution in [0.15, 0.2) is 12.2 Å². The summed E-state index contributed by atoms with van der Waals surface area (Å²) in [6, 6.07) is 0. The molecule has 0 spiro atoms. The zero-order valence-electron chi connectivity index (χ0n) is 9.57. The molecule has 0 aliphatic rings. The van der Waals surface area contributed by atoms with Crippen LogP contribution in [0.2, 0.25) is 0 Å². The molecule has 0 rings (SSSR count). The van der Waals surface area contributed by atoms with Gasteiger partial charge in [0, 0.05) is 0 Å². The second-order valence-corrected chi connectivity index (χ2v) is 5.25. The summed E-state index contributed by atoms with van der Waals surface area (Å²) in [5.41, 5.74) is 0.831. The van der Waals surface area contributed by atoms with Crippen LogP contribution in [0.5, 0.6) is 0 Å². The van der Waals surface area contributed by atoms with E-state index >= 15 is 0 Å². The Labute approximate surface area is 78.1 Å². The zero-order chi connectivity index (χ0) is 9.83. The number of allylic oxidation sites excluding steroid dienone is 2. The molecule has 0 aliphatic carbocycles. The van der Waals surface area contributed by atoms with Crippen molar-refractivity contribution in [1.29, 1.82) is 0 Å². The fourth-order valence-electron chi connectivity index (χ4n) is 1.92. The van der Waals surface area contributed by atoms with Gasteiger partial charge >= 0.3 is 0 Å². The molecule has 0 saturated carbocycles. The van der Waals surface area contributed by atoms with Crippen LogP contribution in [0.4, 0.5) is 0 Å². The van der Waals surface area contributed by atoms with Gasteiger partial charge in [-0.2, -0.15) is 0 Å². The zero-order valence-corrected chi connectivity index (χ0v) is 9.57.